The summed E-state index contributed by atoms with van der Waals surface area (Å²) >= 11 is 0. The van der Waals surface area contributed by atoms with Crippen molar-refractivity contribution in [1.82, 2.24) is 0 Å². The second kappa shape index (κ2) is 4.72. The van der Waals surface area contributed by atoms with Crippen LogP contribution in [-0.4, -0.2) is 11.1 Å². The maximum atomic E-state index is 11.1. The zero-order valence-electron chi connectivity index (χ0n) is 11.1. The smallest absolute Gasteiger partial charge is 0.372 e. The molecule has 3 heteroatoms. The molecular formula is C16H18O3. The first-order valence-corrected chi connectivity index (χ1v) is 6.93. The number of aryl methyl sites for hydroxylation is 1. The van der Waals surface area contributed by atoms with Crippen LogP contribution in [0.4, 0.5) is 0 Å². The van der Waals surface area contributed by atoms with Crippen LogP contribution in [0, 0.1) is 6.92 Å². The van der Waals surface area contributed by atoms with E-state index in [1.54, 1.807) is 0 Å². The number of hydrogen-bond acceptors (Lipinski definition) is 2. The molecule has 1 fully saturated rings. The predicted octanol–water partition coefficient (Wildman–Crippen LogP) is 4.49. The molecule has 1 saturated carbocycles. The fraction of sp³-hybridized carbons (Fsp3) is 0.438. The number of carboxylic acid groups (broad SMARTS) is 1. The summed E-state index contributed by atoms with van der Waals surface area (Å²) in [4.78, 5) is 11.1. The molecule has 19 heavy (non-hydrogen) atoms. The lowest BCUT2D eigenvalue weighted by Crippen LogP contribution is -2.04. The van der Waals surface area contributed by atoms with Crippen LogP contribution in [-0.2, 0) is 0 Å². The summed E-state index contributed by atoms with van der Waals surface area (Å²) in [7, 11) is 0. The number of hydrogen-bond donors (Lipinski definition) is 1. The van der Waals surface area contributed by atoms with Crippen molar-refractivity contribution in [2.24, 2.45) is 0 Å². The number of rotatable bonds is 2. The zero-order valence-corrected chi connectivity index (χ0v) is 11.1. The van der Waals surface area contributed by atoms with Gasteiger partial charge in [-0.1, -0.05) is 25.3 Å². The minimum absolute atomic E-state index is 0.0656. The Morgan fingerprint density at radius 2 is 2.00 bits per heavy atom. The normalized spacial score (nSPS) is 16.9. The van der Waals surface area contributed by atoms with Gasteiger partial charge in [-0.3, -0.25) is 0 Å². The van der Waals surface area contributed by atoms with E-state index in [2.05, 4.69) is 12.1 Å². The van der Waals surface area contributed by atoms with Gasteiger partial charge in [-0.2, -0.15) is 0 Å². The van der Waals surface area contributed by atoms with Crippen LogP contribution in [0.25, 0.3) is 11.0 Å². The van der Waals surface area contributed by atoms with Gasteiger partial charge in [0.15, 0.2) is 0 Å². The van der Waals surface area contributed by atoms with Gasteiger partial charge in [-0.15, -0.1) is 0 Å². The standard InChI is InChI=1S/C16H18O3/c1-10-13-9-12(11-5-3-2-4-6-11)7-8-14(13)19-15(10)16(17)18/h7-9,11H,2-6H2,1H3,(H,17,18). The third-order valence-corrected chi connectivity index (χ3v) is 4.23. The van der Waals surface area contributed by atoms with Gasteiger partial charge in [0.2, 0.25) is 5.76 Å². The zero-order chi connectivity index (χ0) is 13.4. The molecule has 0 amide bonds. The fourth-order valence-electron chi connectivity index (χ4n) is 3.13. The molecule has 0 atom stereocenters. The van der Waals surface area contributed by atoms with Crippen LogP contribution < -0.4 is 0 Å². The third-order valence-electron chi connectivity index (χ3n) is 4.23. The molecular weight excluding hydrogens is 240 g/mol. The van der Waals surface area contributed by atoms with E-state index in [-0.39, 0.29) is 5.76 Å². The topological polar surface area (TPSA) is 50.4 Å². The highest BCUT2D eigenvalue weighted by Crippen LogP contribution is 2.35. The summed E-state index contributed by atoms with van der Waals surface area (Å²) in [5.74, 6) is -0.301. The number of furan rings is 1. The molecule has 100 valence electrons. The Kier molecular flexibility index (Phi) is 3.05. The number of carboxylic acids is 1. The molecule has 0 bridgehead atoms. The van der Waals surface area contributed by atoms with E-state index in [0.717, 1.165) is 10.9 Å². The van der Waals surface area contributed by atoms with Crippen LogP contribution >= 0.6 is 0 Å². The molecule has 1 aliphatic rings. The van der Waals surface area contributed by atoms with E-state index >= 15 is 0 Å². The first-order chi connectivity index (χ1) is 9.16. The van der Waals surface area contributed by atoms with Gasteiger partial charge < -0.3 is 9.52 Å². The molecule has 1 aliphatic carbocycles. The maximum Gasteiger partial charge on any atom is 0.372 e. The summed E-state index contributed by atoms with van der Waals surface area (Å²) in [5.41, 5.74) is 2.74. The summed E-state index contributed by atoms with van der Waals surface area (Å²) in [6.45, 7) is 1.82. The Labute approximate surface area is 112 Å². The molecule has 1 N–H and O–H groups in total. The number of benzene rings is 1. The molecule has 2 aromatic rings. The van der Waals surface area contributed by atoms with Crippen LogP contribution in [0.1, 0.15) is 59.7 Å². The minimum Gasteiger partial charge on any atom is -0.475 e. The predicted molar refractivity (Wildman–Crippen MR) is 73.7 cm³/mol. The van der Waals surface area contributed by atoms with Crippen molar-refractivity contribution < 1.29 is 14.3 Å². The molecule has 0 aliphatic heterocycles. The summed E-state index contributed by atoms with van der Waals surface area (Å²) in [6.07, 6.45) is 6.43. The summed E-state index contributed by atoms with van der Waals surface area (Å²) in [5, 5.41) is 10.0. The second-order valence-electron chi connectivity index (χ2n) is 5.45. The molecule has 1 aromatic carbocycles. The molecule has 0 saturated heterocycles. The van der Waals surface area contributed by atoms with Crippen LogP contribution in [0.5, 0.6) is 0 Å². The second-order valence-corrected chi connectivity index (χ2v) is 5.45. The van der Waals surface area contributed by atoms with Gasteiger partial charge in [0, 0.05) is 10.9 Å². The summed E-state index contributed by atoms with van der Waals surface area (Å²) < 4.78 is 5.40. The van der Waals surface area contributed by atoms with Crippen LogP contribution in [0.3, 0.4) is 0 Å². The van der Waals surface area contributed by atoms with E-state index in [0.29, 0.717) is 11.5 Å². The molecule has 0 radical (unpaired) electrons. The van der Waals surface area contributed by atoms with E-state index in [9.17, 15) is 4.79 Å². The van der Waals surface area contributed by atoms with E-state index in [1.165, 1.54) is 37.7 Å². The average molecular weight is 258 g/mol. The molecule has 0 unspecified atom stereocenters. The van der Waals surface area contributed by atoms with Crippen molar-refractivity contribution in [1.29, 1.82) is 0 Å². The Bertz CT molecular complexity index is 618. The first kappa shape index (κ1) is 12.3. The van der Waals surface area contributed by atoms with Crippen LogP contribution in [0.15, 0.2) is 22.6 Å². The Morgan fingerprint density at radius 1 is 1.26 bits per heavy atom. The Hall–Kier alpha value is -1.77. The lowest BCUT2D eigenvalue weighted by molar-refractivity contribution is 0.0664. The van der Waals surface area contributed by atoms with Crippen molar-refractivity contribution >= 4 is 16.9 Å². The highest BCUT2D eigenvalue weighted by Gasteiger charge is 2.20. The van der Waals surface area contributed by atoms with Gasteiger partial charge in [-0.05, 0) is 43.4 Å². The first-order valence-electron chi connectivity index (χ1n) is 6.93. The van der Waals surface area contributed by atoms with Crippen molar-refractivity contribution in [2.75, 3.05) is 0 Å². The van der Waals surface area contributed by atoms with Crippen LogP contribution in [0.2, 0.25) is 0 Å². The van der Waals surface area contributed by atoms with Gasteiger partial charge in [0.1, 0.15) is 5.58 Å². The molecule has 1 heterocycles. The summed E-state index contributed by atoms with van der Waals surface area (Å²) in [6, 6.07) is 6.13. The Morgan fingerprint density at radius 3 is 2.68 bits per heavy atom. The Balaban J connectivity index is 2.04. The van der Waals surface area contributed by atoms with Crippen molar-refractivity contribution in [2.45, 2.75) is 44.9 Å². The molecule has 1 aromatic heterocycles. The van der Waals surface area contributed by atoms with Crippen molar-refractivity contribution in [3.8, 4) is 0 Å². The maximum absolute atomic E-state index is 11.1. The van der Waals surface area contributed by atoms with E-state index in [1.807, 2.05) is 13.0 Å². The highest BCUT2D eigenvalue weighted by molar-refractivity contribution is 5.95. The monoisotopic (exact) mass is 258 g/mol. The lowest BCUT2D eigenvalue weighted by Gasteiger charge is -2.21. The lowest BCUT2D eigenvalue weighted by atomic mass is 9.84. The largest absolute Gasteiger partial charge is 0.475 e. The number of aromatic carboxylic acids is 1. The van der Waals surface area contributed by atoms with Gasteiger partial charge in [0.25, 0.3) is 0 Å². The van der Waals surface area contributed by atoms with Crippen molar-refractivity contribution in [3.05, 3.63) is 35.1 Å². The highest BCUT2D eigenvalue weighted by atomic mass is 16.4. The SMILES string of the molecule is Cc1c(C(=O)O)oc2ccc(C3CCCCC3)cc12. The fourth-order valence-corrected chi connectivity index (χ4v) is 3.13. The van der Waals surface area contributed by atoms with E-state index < -0.39 is 5.97 Å². The van der Waals surface area contributed by atoms with Gasteiger partial charge in [-0.25, -0.2) is 4.79 Å². The molecule has 3 nitrogen and oxygen atoms in total. The van der Waals surface area contributed by atoms with Gasteiger partial charge in [0.05, 0.1) is 0 Å². The van der Waals surface area contributed by atoms with Gasteiger partial charge >= 0.3 is 5.97 Å². The third kappa shape index (κ3) is 2.14. The molecule has 0 spiro atoms. The number of carbonyl (C=O) groups is 1. The number of fused-ring (bicyclic) bond motifs is 1. The quantitative estimate of drug-likeness (QED) is 0.863. The van der Waals surface area contributed by atoms with E-state index in [4.69, 9.17) is 9.52 Å². The molecule has 3 rings (SSSR count). The van der Waals surface area contributed by atoms with Crippen molar-refractivity contribution in [3.63, 3.8) is 0 Å². The average Bonchev–Trinajstić information content (AvgIpc) is 2.77. The minimum atomic E-state index is -0.993.